The number of nitrogens with zero attached hydrogens (tertiary/aromatic N) is 1. The molecule has 2 saturated heterocycles. The maximum absolute atomic E-state index is 12.1. The highest BCUT2D eigenvalue weighted by Crippen LogP contribution is 2.48. The van der Waals surface area contributed by atoms with Crippen LogP contribution in [-0.4, -0.2) is 51.7 Å². The molecule has 0 aliphatic carbocycles. The van der Waals surface area contributed by atoms with Gasteiger partial charge in [0, 0.05) is 18.9 Å². The average molecular weight is 328 g/mol. The molecule has 1 aromatic heterocycles. The van der Waals surface area contributed by atoms with Gasteiger partial charge in [-0.05, 0) is 20.8 Å². The maximum Gasteiger partial charge on any atom is 0.330 e. The molecular weight excluding hydrogens is 308 g/mol. The highest BCUT2D eigenvalue weighted by molar-refractivity contribution is 5.02. The van der Waals surface area contributed by atoms with Gasteiger partial charge in [0.2, 0.25) is 5.79 Å². The molecule has 1 aromatic rings. The summed E-state index contributed by atoms with van der Waals surface area (Å²) in [6.07, 6.45) is -0.972. The second-order valence-electron chi connectivity index (χ2n) is 5.95. The number of H-pyrrole nitrogens is 1. The number of nitrogens with one attached hydrogen (secondary N) is 1. The Bertz CT molecular complexity index is 697. The second-order valence-corrected chi connectivity index (χ2v) is 5.95. The van der Waals surface area contributed by atoms with E-state index in [0.717, 1.165) is 0 Å². The molecule has 2 aliphatic rings. The average Bonchev–Trinajstić information content (AvgIpc) is 2.93. The van der Waals surface area contributed by atoms with Crippen molar-refractivity contribution >= 4 is 0 Å². The molecule has 23 heavy (non-hydrogen) atoms. The van der Waals surface area contributed by atoms with Crippen LogP contribution in [0.1, 0.15) is 27.0 Å². The van der Waals surface area contributed by atoms with Gasteiger partial charge < -0.3 is 24.1 Å². The molecule has 2 N–H and O–H groups in total. The van der Waals surface area contributed by atoms with Crippen LogP contribution in [-0.2, 0) is 18.9 Å². The van der Waals surface area contributed by atoms with Gasteiger partial charge in [0.05, 0.1) is 0 Å². The molecule has 0 aromatic carbocycles. The standard InChI is InChI=1S/C14H20N2O7/c1-4-20-14(7-17)10-9(21-13(2,3)22-10)11(23-14)16-6-5-8(18)15-12(16)19/h5-6,9-11,17H,4,7H2,1-3H3,(H,15,18,19)/t9-,10+,11-,14-/m1/s1. The fourth-order valence-corrected chi connectivity index (χ4v) is 3.05. The number of aromatic nitrogens is 2. The van der Waals surface area contributed by atoms with E-state index in [-0.39, 0.29) is 6.61 Å². The Morgan fingerprint density at radius 2 is 2.09 bits per heavy atom. The summed E-state index contributed by atoms with van der Waals surface area (Å²) in [6, 6.07) is 1.21. The molecule has 2 fully saturated rings. The fourth-order valence-electron chi connectivity index (χ4n) is 3.05. The Kier molecular flexibility index (Phi) is 3.93. The first-order chi connectivity index (χ1) is 10.8. The van der Waals surface area contributed by atoms with Crippen LogP contribution >= 0.6 is 0 Å². The molecule has 128 valence electrons. The quantitative estimate of drug-likeness (QED) is 0.752. The van der Waals surface area contributed by atoms with E-state index in [1.807, 2.05) is 0 Å². The molecule has 4 atom stereocenters. The summed E-state index contributed by atoms with van der Waals surface area (Å²) in [7, 11) is 0. The summed E-state index contributed by atoms with van der Waals surface area (Å²) in [4.78, 5) is 25.5. The number of aliphatic hydroxyl groups is 1. The van der Waals surface area contributed by atoms with Crippen LogP contribution in [0.5, 0.6) is 0 Å². The summed E-state index contributed by atoms with van der Waals surface area (Å²) in [5.41, 5.74) is -1.15. The van der Waals surface area contributed by atoms with E-state index >= 15 is 0 Å². The number of aromatic amines is 1. The van der Waals surface area contributed by atoms with Crippen LogP contribution < -0.4 is 11.2 Å². The zero-order chi connectivity index (χ0) is 16.8. The first-order valence-electron chi connectivity index (χ1n) is 7.41. The third kappa shape index (κ3) is 2.64. The minimum Gasteiger partial charge on any atom is -0.391 e. The number of hydrogen-bond donors (Lipinski definition) is 2. The topological polar surface area (TPSA) is 112 Å². The van der Waals surface area contributed by atoms with Crippen molar-refractivity contribution in [2.24, 2.45) is 0 Å². The van der Waals surface area contributed by atoms with E-state index in [0.29, 0.717) is 0 Å². The van der Waals surface area contributed by atoms with Crippen molar-refractivity contribution in [3.05, 3.63) is 33.1 Å². The number of fused-ring (bicyclic) bond motifs is 1. The summed E-state index contributed by atoms with van der Waals surface area (Å²) in [5.74, 6) is -2.35. The molecular formula is C14H20N2O7. The van der Waals surface area contributed by atoms with E-state index in [4.69, 9.17) is 18.9 Å². The van der Waals surface area contributed by atoms with Gasteiger partial charge in [-0.15, -0.1) is 0 Å². The third-order valence-electron chi connectivity index (χ3n) is 3.90. The van der Waals surface area contributed by atoms with Crippen molar-refractivity contribution in [1.29, 1.82) is 0 Å². The zero-order valence-corrected chi connectivity index (χ0v) is 13.1. The van der Waals surface area contributed by atoms with Gasteiger partial charge in [-0.25, -0.2) is 4.79 Å². The van der Waals surface area contributed by atoms with E-state index in [9.17, 15) is 14.7 Å². The SMILES string of the molecule is CCO[C@]1(CO)O[C@@H](n2ccc(=O)[nH]c2=O)[C@@H]2OC(C)(C)O[C@@H]21. The molecule has 9 nitrogen and oxygen atoms in total. The van der Waals surface area contributed by atoms with Crippen molar-refractivity contribution < 1.29 is 24.1 Å². The number of rotatable bonds is 4. The van der Waals surface area contributed by atoms with Crippen LogP contribution in [0.25, 0.3) is 0 Å². The lowest BCUT2D eigenvalue weighted by molar-refractivity contribution is -0.311. The van der Waals surface area contributed by atoms with Crippen LogP contribution in [0.15, 0.2) is 21.9 Å². The monoisotopic (exact) mass is 328 g/mol. The predicted molar refractivity (Wildman–Crippen MR) is 76.7 cm³/mol. The van der Waals surface area contributed by atoms with Gasteiger partial charge in [0.25, 0.3) is 5.56 Å². The number of hydrogen-bond acceptors (Lipinski definition) is 7. The number of aliphatic hydroxyl groups excluding tert-OH is 1. The third-order valence-corrected chi connectivity index (χ3v) is 3.90. The lowest BCUT2D eigenvalue weighted by Crippen LogP contribution is -2.48. The van der Waals surface area contributed by atoms with Gasteiger partial charge >= 0.3 is 5.69 Å². The molecule has 0 spiro atoms. The molecule has 0 saturated carbocycles. The molecule has 2 aliphatic heterocycles. The van der Waals surface area contributed by atoms with Gasteiger partial charge in [0.15, 0.2) is 12.0 Å². The van der Waals surface area contributed by atoms with Gasteiger partial charge in [-0.2, -0.15) is 0 Å². The summed E-state index contributed by atoms with van der Waals surface area (Å²) < 4.78 is 24.3. The minimum atomic E-state index is -1.44. The lowest BCUT2D eigenvalue weighted by atomic mass is 10.1. The molecule has 0 radical (unpaired) electrons. The zero-order valence-electron chi connectivity index (χ0n) is 13.1. The smallest absolute Gasteiger partial charge is 0.330 e. The van der Waals surface area contributed by atoms with E-state index in [1.165, 1.54) is 16.8 Å². The van der Waals surface area contributed by atoms with E-state index in [1.54, 1.807) is 20.8 Å². The summed E-state index contributed by atoms with van der Waals surface area (Å²) in [6.45, 7) is 5.03. The van der Waals surface area contributed by atoms with Crippen molar-refractivity contribution in [1.82, 2.24) is 9.55 Å². The summed E-state index contributed by atoms with van der Waals surface area (Å²) in [5, 5.41) is 9.81. The minimum absolute atomic E-state index is 0.279. The molecule has 9 heteroatoms. The normalized spacial score (nSPS) is 35.4. The highest BCUT2D eigenvalue weighted by Gasteiger charge is 2.64. The van der Waals surface area contributed by atoms with Gasteiger partial charge in [0.1, 0.15) is 18.8 Å². The predicted octanol–water partition coefficient (Wildman–Crippen LogP) is -0.689. The van der Waals surface area contributed by atoms with Crippen LogP contribution in [0.3, 0.4) is 0 Å². The van der Waals surface area contributed by atoms with Crippen molar-refractivity contribution in [2.75, 3.05) is 13.2 Å². The molecule has 0 amide bonds. The van der Waals surface area contributed by atoms with Crippen LogP contribution in [0.4, 0.5) is 0 Å². The van der Waals surface area contributed by atoms with Crippen molar-refractivity contribution in [3.63, 3.8) is 0 Å². The largest absolute Gasteiger partial charge is 0.391 e. The van der Waals surface area contributed by atoms with Gasteiger partial charge in [-0.1, -0.05) is 0 Å². The van der Waals surface area contributed by atoms with E-state index < -0.39 is 47.9 Å². The Labute approximate surface area is 131 Å². The second kappa shape index (κ2) is 5.53. The van der Waals surface area contributed by atoms with Crippen LogP contribution in [0.2, 0.25) is 0 Å². The lowest BCUT2D eigenvalue weighted by Gasteiger charge is -2.32. The van der Waals surface area contributed by atoms with Crippen molar-refractivity contribution in [3.8, 4) is 0 Å². The van der Waals surface area contributed by atoms with E-state index in [2.05, 4.69) is 4.98 Å². The first-order valence-corrected chi connectivity index (χ1v) is 7.41. The first kappa shape index (κ1) is 16.3. The Morgan fingerprint density at radius 1 is 1.35 bits per heavy atom. The van der Waals surface area contributed by atoms with Gasteiger partial charge in [-0.3, -0.25) is 14.3 Å². The number of ether oxygens (including phenoxy) is 4. The maximum atomic E-state index is 12.1. The van der Waals surface area contributed by atoms with Crippen molar-refractivity contribution in [2.45, 2.75) is 50.8 Å². The molecule has 0 bridgehead atoms. The van der Waals surface area contributed by atoms with Crippen LogP contribution in [0, 0.1) is 0 Å². The molecule has 0 unspecified atom stereocenters. The Balaban J connectivity index is 2.04. The Hall–Kier alpha value is -1.52. The summed E-state index contributed by atoms with van der Waals surface area (Å²) >= 11 is 0. The molecule has 3 heterocycles. The molecule has 3 rings (SSSR count). The Morgan fingerprint density at radius 3 is 2.70 bits per heavy atom. The fraction of sp³-hybridized carbons (Fsp3) is 0.714. The highest BCUT2D eigenvalue weighted by atomic mass is 16.8.